The van der Waals surface area contributed by atoms with Crippen molar-refractivity contribution < 1.29 is 9.53 Å². The first-order valence-electron chi connectivity index (χ1n) is 11.5. The fraction of sp³-hybridized carbons (Fsp3) is 0.385. The predicted octanol–water partition coefficient (Wildman–Crippen LogP) is 6.43. The zero-order valence-electron chi connectivity index (χ0n) is 19.3. The van der Waals surface area contributed by atoms with Gasteiger partial charge in [0.1, 0.15) is 10.7 Å². The Morgan fingerprint density at radius 3 is 2.55 bits per heavy atom. The molecule has 3 aliphatic rings. The molecule has 33 heavy (non-hydrogen) atoms. The lowest BCUT2D eigenvalue weighted by Crippen LogP contribution is -2.40. The van der Waals surface area contributed by atoms with Crippen molar-refractivity contribution in [3.05, 3.63) is 64.0 Å². The van der Waals surface area contributed by atoms with Crippen LogP contribution in [0.4, 0.5) is 5.69 Å². The van der Waals surface area contributed by atoms with Crippen LogP contribution < -0.4 is 9.64 Å². The van der Waals surface area contributed by atoms with E-state index in [1.54, 1.807) is 18.9 Å². The highest BCUT2D eigenvalue weighted by Gasteiger charge is 2.42. The highest BCUT2D eigenvalue weighted by atomic mass is 32.2. The van der Waals surface area contributed by atoms with E-state index in [0.29, 0.717) is 0 Å². The molecule has 0 spiro atoms. The second kappa shape index (κ2) is 9.47. The molecule has 1 amide bonds. The molecule has 2 heterocycles. The molecule has 1 saturated carbocycles. The molecular weight excluding hydrogens is 450 g/mol. The molecule has 0 radical (unpaired) electrons. The van der Waals surface area contributed by atoms with Crippen LogP contribution in [0.1, 0.15) is 50.6 Å². The minimum absolute atomic E-state index is 0.00707. The fourth-order valence-electron chi connectivity index (χ4n) is 4.69. The zero-order valence-corrected chi connectivity index (χ0v) is 20.9. The third-order valence-electron chi connectivity index (χ3n) is 6.57. The fourth-order valence-corrected chi connectivity index (χ4v) is 7.13. The standard InChI is InChI=1S/C26H29N3O2S2/c1-17(18-10-6-4-7-11-18)27-26-29(19-12-8-5-9-13-19)24(30)23(33-26)25-28(2)21-16-20(31-3)14-15-22(21)32-25/h4,6-7,10-11,14-17,19H,5,8-9,12-13H2,1-3H3/b25-23-,27-26?/t17-/m1/s1. The number of amides is 1. The van der Waals surface area contributed by atoms with Crippen molar-refractivity contribution in [1.82, 2.24) is 4.90 Å². The highest BCUT2D eigenvalue weighted by Crippen LogP contribution is 2.51. The smallest absolute Gasteiger partial charge is 0.269 e. The maximum atomic E-state index is 13.8. The van der Waals surface area contributed by atoms with E-state index in [1.165, 1.54) is 31.0 Å². The number of benzene rings is 2. The van der Waals surface area contributed by atoms with Gasteiger partial charge in [-0.05, 0) is 49.2 Å². The molecule has 0 unspecified atom stereocenters. The normalized spacial score (nSPS) is 23.4. The van der Waals surface area contributed by atoms with Gasteiger partial charge in [-0.2, -0.15) is 0 Å². The quantitative estimate of drug-likeness (QED) is 0.473. The first-order valence-corrected chi connectivity index (χ1v) is 13.2. The molecular formula is C26H29N3O2S2. The van der Waals surface area contributed by atoms with Gasteiger partial charge in [-0.3, -0.25) is 14.7 Å². The molecule has 1 saturated heterocycles. The van der Waals surface area contributed by atoms with Crippen LogP contribution in [0.25, 0.3) is 0 Å². The maximum Gasteiger partial charge on any atom is 0.269 e. The molecule has 1 atom stereocenters. The third kappa shape index (κ3) is 4.28. The van der Waals surface area contributed by atoms with Gasteiger partial charge in [0.25, 0.3) is 5.91 Å². The van der Waals surface area contributed by atoms with Crippen LogP contribution >= 0.6 is 23.5 Å². The molecule has 5 rings (SSSR count). The average Bonchev–Trinajstić information content (AvgIpc) is 3.35. The number of carbonyl (C=O) groups is 1. The van der Waals surface area contributed by atoms with Crippen LogP contribution in [0.5, 0.6) is 5.75 Å². The van der Waals surface area contributed by atoms with Gasteiger partial charge in [0.05, 0.1) is 23.9 Å². The Bertz CT molecular complexity index is 1110. The van der Waals surface area contributed by atoms with Gasteiger partial charge in [0, 0.05) is 24.1 Å². The molecule has 2 aliphatic heterocycles. The second-order valence-corrected chi connectivity index (χ2v) is 10.7. The van der Waals surface area contributed by atoms with E-state index in [9.17, 15) is 4.79 Å². The summed E-state index contributed by atoms with van der Waals surface area (Å²) in [5.41, 5.74) is 2.23. The first-order chi connectivity index (χ1) is 16.1. The summed E-state index contributed by atoms with van der Waals surface area (Å²) in [4.78, 5) is 25.0. The van der Waals surface area contributed by atoms with Gasteiger partial charge >= 0.3 is 0 Å². The molecule has 7 heteroatoms. The maximum absolute atomic E-state index is 13.8. The molecule has 5 nitrogen and oxygen atoms in total. The van der Waals surface area contributed by atoms with Crippen LogP contribution in [0.3, 0.4) is 0 Å². The third-order valence-corrected chi connectivity index (χ3v) is 8.99. The summed E-state index contributed by atoms with van der Waals surface area (Å²) >= 11 is 3.19. The van der Waals surface area contributed by atoms with Crippen molar-refractivity contribution >= 4 is 40.3 Å². The van der Waals surface area contributed by atoms with Crippen LogP contribution in [-0.2, 0) is 4.79 Å². The lowest BCUT2D eigenvalue weighted by Gasteiger charge is -2.30. The lowest BCUT2D eigenvalue weighted by atomic mass is 9.94. The molecule has 2 aromatic rings. The van der Waals surface area contributed by atoms with Crippen LogP contribution in [-0.4, -0.2) is 36.2 Å². The number of anilines is 1. The van der Waals surface area contributed by atoms with Crippen molar-refractivity contribution in [2.75, 3.05) is 19.1 Å². The van der Waals surface area contributed by atoms with Gasteiger partial charge in [-0.1, -0.05) is 61.4 Å². The summed E-state index contributed by atoms with van der Waals surface area (Å²) in [5, 5.41) is 1.82. The molecule has 0 bridgehead atoms. The molecule has 2 fully saturated rings. The number of thioether (sulfide) groups is 2. The van der Waals surface area contributed by atoms with E-state index < -0.39 is 0 Å². The number of rotatable bonds is 4. The minimum Gasteiger partial charge on any atom is -0.497 e. The number of fused-ring (bicyclic) bond motifs is 1. The summed E-state index contributed by atoms with van der Waals surface area (Å²) in [7, 11) is 3.71. The minimum atomic E-state index is -0.00707. The number of carbonyl (C=O) groups excluding carboxylic acids is 1. The molecule has 0 aromatic heterocycles. The van der Waals surface area contributed by atoms with E-state index in [1.807, 2.05) is 42.3 Å². The summed E-state index contributed by atoms with van der Waals surface area (Å²) in [6, 6.07) is 16.6. The predicted molar refractivity (Wildman–Crippen MR) is 138 cm³/mol. The summed E-state index contributed by atoms with van der Waals surface area (Å²) < 4.78 is 5.42. The van der Waals surface area contributed by atoms with Crippen LogP contribution in [0, 0.1) is 0 Å². The second-order valence-electron chi connectivity index (χ2n) is 8.70. The molecule has 0 N–H and O–H groups in total. The van der Waals surface area contributed by atoms with E-state index in [4.69, 9.17) is 9.73 Å². The lowest BCUT2D eigenvalue weighted by molar-refractivity contribution is -0.124. The van der Waals surface area contributed by atoms with Crippen molar-refractivity contribution in [3.63, 3.8) is 0 Å². The molecule has 172 valence electrons. The van der Waals surface area contributed by atoms with Gasteiger partial charge in [0.2, 0.25) is 0 Å². The average molecular weight is 480 g/mol. The summed E-state index contributed by atoms with van der Waals surface area (Å²) in [5.74, 6) is 0.917. The molecule has 2 aromatic carbocycles. The number of nitrogens with zero attached hydrogens (tertiary/aromatic N) is 3. The Kier molecular flexibility index (Phi) is 6.43. The highest BCUT2D eigenvalue weighted by molar-refractivity contribution is 8.19. The number of amidine groups is 1. The summed E-state index contributed by atoms with van der Waals surface area (Å²) in [6.45, 7) is 2.11. The summed E-state index contributed by atoms with van der Waals surface area (Å²) in [6.07, 6.45) is 5.70. The number of methoxy groups -OCH3 is 1. The Balaban J connectivity index is 1.52. The molecule has 1 aliphatic carbocycles. The number of hydrogen-bond acceptors (Lipinski definition) is 6. The topological polar surface area (TPSA) is 45.1 Å². The van der Waals surface area contributed by atoms with Crippen molar-refractivity contribution in [1.29, 1.82) is 0 Å². The van der Waals surface area contributed by atoms with E-state index in [-0.39, 0.29) is 18.0 Å². The van der Waals surface area contributed by atoms with Gasteiger partial charge in [-0.15, -0.1) is 0 Å². The van der Waals surface area contributed by atoms with Gasteiger partial charge in [-0.25, -0.2) is 0 Å². The largest absolute Gasteiger partial charge is 0.497 e. The SMILES string of the molecule is COc1ccc2c(c1)N(C)/C(=C1/SC(=N[C@H](C)c3ccccc3)N(C3CCCCC3)C1=O)S2. The Hall–Kier alpha value is -2.38. The van der Waals surface area contributed by atoms with E-state index in [2.05, 4.69) is 30.0 Å². The van der Waals surface area contributed by atoms with Crippen LogP contribution in [0.2, 0.25) is 0 Å². The number of hydrogen-bond donors (Lipinski definition) is 0. The van der Waals surface area contributed by atoms with Crippen molar-refractivity contribution in [2.45, 2.75) is 56.0 Å². The van der Waals surface area contributed by atoms with E-state index >= 15 is 0 Å². The van der Waals surface area contributed by atoms with Crippen LogP contribution in [0.15, 0.2) is 68.4 Å². The van der Waals surface area contributed by atoms with Gasteiger partial charge in [0.15, 0.2) is 5.17 Å². The first kappa shape index (κ1) is 22.4. The number of ether oxygens (including phenoxy) is 1. The Morgan fingerprint density at radius 1 is 1.06 bits per heavy atom. The monoisotopic (exact) mass is 479 g/mol. The Morgan fingerprint density at radius 2 is 1.82 bits per heavy atom. The van der Waals surface area contributed by atoms with E-state index in [0.717, 1.165) is 49.8 Å². The zero-order chi connectivity index (χ0) is 22.9. The van der Waals surface area contributed by atoms with Crippen molar-refractivity contribution in [3.8, 4) is 5.75 Å². The van der Waals surface area contributed by atoms with Gasteiger partial charge < -0.3 is 9.64 Å². The Labute approximate surface area is 204 Å². The number of aliphatic imine (C=N–C) groups is 1. The van der Waals surface area contributed by atoms with Crippen molar-refractivity contribution in [2.24, 2.45) is 4.99 Å².